The smallest absolute Gasteiger partial charge is 0.407 e. The first-order valence-corrected chi connectivity index (χ1v) is 16.7. The van der Waals surface area contributed by atoms with Gasteiger partial charge in [0.25, 0.3) is 0 Å². The van der Waals surface area contributed by atoms with Gasteiger partial charge in [-0.25, -0.2) is 13.2 Å². The van der Waals surface area contributed by atoms with Crippen LogP contribution in [0.1, 0.15) is 64.4 Å². The fraction of sp³-hybridized carbons (Fsp3) is 0.733. The predicted octanol–water partition coefficient (Wildman–Crippen LogP) is 3.09. The molecule has 4 atom stereocenters. The van der Waals surface area contributed by atoms with Crippen LogP contribution in [0.5, 0.6) is 0 Å². The zero-order valence-corrected chi connectivity index (χ0v) is 25.8. The third-order valence-corrected chi connectivity index (χ3v) is 9.67. The first kappa shape index (κ1) is 33.3. The van der Waals surface area contributed by atoms with Crippen molar-refractivity contribution in [2.24, 2.45) is 17.8 Å². The Hall–Kier alpha value is -2.21. The minimum Gasteiger partial charge on any atom is -0.449 e. The number of nitrogens with zero attached hydrogens (tertiary/aromatic N) is 1. The van der Waals surface area contributed by atoms with Gasteiger partial charge in [-0.1, -0.05) is 44.2 Å². The number of carbonyl (C=O) groups is 2. The van der Waals surface area contributed by atoms with Gasteiger partial charge in [-0.3, -0.25) is 4.79 Å². The predicted molar refractivity (Wildman–Crippen MR) is 158 cm³/mol. The quantitative estimate of drug-likeness (QED) is 0.284. The van der Waals surface area contributed by atoms with Gasteiger partial charge in [0, 0.05) is 26.2 Å². The molecule has 232 valence electrons. The lowest BCUT2D eigenvalue weighted by Crippen LogP contribution is -2.57. The SMILES string of the molecule is COC1CCC(COC(=O)NC2CCC2C(=O)NC(Cc2ccccc2)C(O)CN(CCC(C)C)S(C)(=O)=O)CC1. The molecule has 41 heavy (non-hydrogen) atoms. The molecule has 1 aromatic rings. The van der Waals surface area contributed by atoms with Gasteiger partial charge in [0.1, 0.15) is 0 Å². The van der Waals surface area contributed by atoms with Gasteiger partial charge in [-0.05, 0) is 68.8 Å². The molecule has 2 aliphatic carbocycles. The van der Waals surface area contributed by atoms with Gasteiger partial charge in [-0.15, -0.1) is 0 Å². The van der Waals surface area contributed by atoms with Crippen LogP contribution in [0.3, 0.4) is 0 Å². The highest BCUT2D eigenvalue weighted by Gasteiger charge is 2.39. The molecule has 2 saturated carbocycles. The summed E-state index contributed by atoms with van der Waals surface area (Å²) < 4.78 is 37.0. The Morgan fingerprint density at radius 2 is 1.76 bits per heavy atom. The molecule has 4 unspecified atom stereocenters. The van der Waals surface area contributed by atoms with Gasteiger partial charge in [-0.2, -0.15) is 4.31 Å². The van der Waals surface area contributed by atoms with Crippen LogP contribution in [-0.4, -0.2) is 87.2 Å². The summed E-state index contributed by atoms with van der Waals surface area (Å²) in [6.07, 6.45) is 5.90. The van der Waals surface area contributed by atoms with E-state index in [-0.39, 0.29) is 24.6 Å². The van der Waals surface area contributed by atoms with Crippen molar-refractivity contribution in [1.29, 1.82) is 0 Å². The molecule has 0 radical (unpaired) electrons. The Labute approximate surface area is 245 Å². The van der Waals surface area contributed by atoms with Gasteiger partial charge in [0.15, 0.2) is 0 Å². The van der Waals surface area contributed by atoms with Crippen LogP contribution in [0, 0.1) is 17.8 Å². The number of hydrogen-bond acceptors (Lipinski definition) is 7. The Kier molecular flexibility index (Phi) is 12.9. The van der Waals surface area contributed by atoms with Crippen molar-refractivity contribution in [3.8, 4) is 0 Å². The fourth-order valence-electron chi connectivity index (χ4n) is 5.48. The number of aliphatic hydroxyl groups excluding tert-OH is 1. The third-order valence-electron chi connectivity index (χ3n) is 8.40. The Balaban J connectivity index is 1.57. The second-order valence-corrected chi connectivity index (χ2v) is 14.1. The number of carbonyl (C=O) groups excluding carboxylic acids is 2. The Bertz CT molecular complexity index is 1060. The van der Waals surface area contributed by atoms with Gasteiger partial charge in [0.2, 0.25) is 15.9 Å². The highest BCUT2D eigenvalue weighted by Crippen LogP contribution is 2.29. The largest absolute Gasteiger partial charge is 0.449 e. The number of aliphatic hydroxyl groups is 1. The summed E-state index contributed by atoms with van der Waals surface area (Å²) in [5, 5.41) is 17.0. The number of hydrogen-bond donors (Lipinski definition) is 3. The highest BCUT2D eigenvalue weighted by molar-refractivity contribution is 7.88. The molecule has 3 rings (SSSR count). The maximum absolute atomic E-state index is 13.3. The molecule has 10 nitrogen and oxygen atoms in total. The van der Waals surface area contributed by atoms with Crippen molar-refractivity contribution < 1.29 is 32.6 Å². The first-order valence-electron chi connectivity index (χ1n) is 14.9. The van der Waals surface area contributed by atoms with E-state index in [1.54, 1.807) is 7.11 Å². The monoisotopic (exact) mass is 595 g/mol. The summed E-state index contributed by atoms with van der Waals surface area (Å²) in [4.78, 5) is 25.8. The van der Waals surface area contributed by atoms with Crippen molar-refractivity contribution in [2.45, 2.75) is 89.5 Å². The number of amides is 2. The summed E-state index contributed by atoms with van der Waals surface area (Å²) in [5.41, 5.74) is 0.913. The minimum absolute atomic E-state index is 0.117. The van der Waals surface area contributed by atoms with Gasteiger partial charge >= 0.3 is 6.09 Å². The summed E-state index contributed by atoms with van der Waals surface area (Å²) in [7, 11) is -1.82. The first-order chi connectivity index (χ1) is 19.5. The van der Waals surface area contributed by atoms with Crippen LogP contribution in [-0.2, 0) is 30.7 Å². The van der Waals surface area contributed by atoms with Crippen molar-refractivity contribution in [3.05, 3.63) is 35.9 Å². The second kappa shape index (κ2) is 15.9. The van der Waals surface area contributed by atoms with Crippen LogP contribution in [0.4, 0.5) is 4.79 Å². The molecule has 1 aromatic carbocycles. The molecule has 0 spiro atoms. The van der Waals surface area contributed by atoms with E-state index in [0.29, 0.717) is 50.7 Å². The van der Waals surface area contributed by atoms with Crippen LogP contribution >= 0.6 is 0 Å². The Morgan fingerprint density at radius 1 is 1.07 bits per heavy atom. The van der Waals surface area contributed by atoms with E-state index in [9.17, 15) is 23.1 Å². The third kappa shape index (κ3) is 10.9. The van der Waals surface area contributed by atoms with Crippen molar-refractivity contribution in [1.82, 2.24) is 14.9 Å². The van der Waals surface area contributed by atoms with Crippen molar-refractivity contribution in [2.75, 3.05) is 33.1 Å². The molecule has 0 bridgehead atoms. The number of sulfonamides is 1. The summed E-state index contributed by atoms with van der Waals surface area (Å²) in [6, 6.07) is 8.41. The molecule has 0 heterocycles. The lowest BCUT2D eigenvalue weighted by Gasteiger charge is -2.37. The molecular weight excluding hydrogens is 546 g/mol. The summed E-state index contributed by atoms with van der Waals surface area (Å²) in [6.45, 7) is 4.56. The zero-order valence-electron chi connectivity index (χ0n) is 25.0. The topological polar surface area (TPSA) is 134 Å². The average molecular weight is 596 g/mol. The fourth-order valence-corrected chi connectivity index (χ4v) is 6.34. The van der Waals surface area contributed by atoms with Gasteiger partial charge in [0.05, 0.1) is 37.0 Å². The summed E-state index contributed by atoms with van der Waals surface area (Å²) in [5.74, 6) is -0.0961. The molecule has 0 saturated heterocycles. The number of alkyl carbamates (subject to hydrolysis) is 1. The van der Waals surface area contributed by atoms with E-state index in [4.69, 9.17) is 9.47 Å². The molecule has 0 aliphatic heterocycles. The van der Waals surface area contributed by atoms with E-state index < -0.39 is 34.2 Å². The second-order valence-electron chi connectivity index (χ2n) is 12.1. The lowest BCUT2D eigenvalue weighted by atomic mass is 9.78. The van der Waals surface area contributed by atoms with Crippen LogP contribution < -0.4 is 10.6 Å². The number of nitrogens with one attached hydrogen (secondary N) is 2. The number of methoxy groups -OCH3 is 1. The molecule has 2 aliphatic rings. The average Bonchev–Trinajstić information content (AvgIpc) is 2.91. The van der Waals surface area contributed by atoms with Gasteiger partial charge < -0.3 is 25.2 Å². The molecule has 0 aromatic heterocycles. The van der Waals surface area contributed by atoms with E-state index in [2.05, 4.69) is 10.6 Å². The number of rotatable bonds is 15. The molecule has 3 N–H and O–H groups in total. The van der Waals surface area contributed by atoms with Crippen LogP contribution in [0.15, 0.2) is 30.3 Å². The summed E-state index contributed by atoms with van der Waals surface area (Å²) >= 11 is 0. The minimum atomic E-state index is -3.55. The highest BCUT2D eigenvalue weighted by atomic mass is 32.2. The van der Waals surface area contributed by atoms with Crippen LogP contribution in [0.2, 0.25) is 0 Å². The molecular formula is C30H49N3O7S. The molecule has 2 fully saturated rings. The van der Waals surface area contributed by atoms with Crippen molar-refractivity contribution in [3.63, 3.8) is 0 Å². The Morgan fingerprint density at radius 3 is 2.32 bits per heavy atom. The van der Waals surface area contributed by atoms with E-state index in [1.165, 1.54) is 4.31 Å². The van der Waals surface area contributed by atoms with E-state index >= 15 is 0 Å². The maximum Gasteiger partial charge on any atom is 0.407 e. The number of benzene rings is 1. The molecule has 11 heteroatoms. The molecule has 2 amide bonds. The van der Waals surface area contributed by atoms with Crippen molar-refractivity contribution >= 4 is 22.0 Å². The zero-order chi connectivity index (χ0) is 30.0. The number of ether oxygens (including phenoxy) is 2. The normalized spacial score (nSPS) is 24.4. The van der Waals surface area contributed by atoms with E-state index in [1.807, 2.05) is 44.2 Å². The standard InChI is InChI=1S/C30H49N3O7S/c1-21(2)16-17-33(41(4,37)38)19-28(34)27(18-22-8-6-5-7-9-22)31-29(35)25-14-15-26(25)32-30(36)40-20-23-10-12-24(39-3)13-11-23/h5-9,21,23-28,34H,10-20H2,1-4H3,(H,31,35)(H,32,36). The maximum atomic E-state index is 13.3. The van der Waals surface area contributed by atoms with E-state index in [0.717, 1.165) is 37.5 Å². The van der Waals surface area contributed by atoms with Crippen LogP contribution in [0.25, 0.3) is 0 Å². The lowest BCUT2D eigenvalue weighted by molar-refractivity contribution is -0.130.